The molecule has 0 radical (unpaired) electrons. The molecule has 3 rings (SSSR count). The van der Waals surface area contributed by atoms with Gasteiger partial charge in [-0.2, -0.15) is 0 Å². The number of nitrogens with one attached hydrogen (secondary N) is 3. The third-order valence-corrected chi connectivity index (χ3v) is 6.61. The first-order valence-corrected chi connectivity index (χ1v) is 11.8. The molecule has 8 heteroatoms. The largest absolute Gasteiger partial charge is 0.367 e. The molecular weight excluding hydrogens is 400 g/mol. The van der Waals surface area contributed by atoms with Crippen LogP contribution in [0.15, 0.2) is 47.4 Å². The van der Waals surface area contributed by atoms with Gasteiger partial charge < -0.3 is 15.5 Å². The molecule has 1 atom stereocenters. The lowest BCUT2D eigenvalue weighted by atomic mass is 10.1. The Morgan fingerprint density at radius 3 is 2.57 bits per heavy atom. The zero-order valence-electron chi connectivity index (χ0n) is 17.7. The highest BCUT2D eigenvalue weighted by Gasteiger charge is 2.21. The average molecular weight is 431 g/mol. The SMILES string of the molecule is CC[C@@H](C)NC(=O)c1ccc(N2CCNCC2)c(NS(=O)(=O)c2cccc(C)c2)c1. The zero-order chi connectivity index (χ0) is 21.7. The molecule has 1 aliphatic rings. The van der Waals surface area contributed by atoms with Crippen LogP contribution in [0.25, 0.3) is 0 Å². The number of hydrogen-bond acceptors (Lipinski definition) is 5. The number of piperazine rings is 1. The molecule has 0 saturated carbocycles. The lowest BCUT2D eigenvalue weighted by Crippen LogP contribution is -2.43. The maximum atomic E-state index is 13.1. The van der Waals surface area contributed by atoms with E-state index < -0.39 is 10.0 Å². The number of carbonyl (C=O) groups excluding carboxylic acids is 1. The van der Waals surface area contributed by atoms with Crippen LogP contribution < -0.4 is 20.3 Å². The lowest BCUT2D eigenvalue weighted by molar-refractivity contribution is 0.0939. The van der Waals surface area contributed by atoms with Crippen molar-refractivity contribution < 1.29 is 13.2 Å². The van der Waals surface area contributed by atoms with Gasteiger partial charge in [-0.3, -0.25) is 9.52 Å². The van der Waals surface area contributed by atoms with Crippen molar-refractivity contribution in [2.45, 2.75) is 38.1 Å². The van der Waals surface area contributed by atoms with Crippen LogP contribution in [0.2, 0.25) is 0 Å². The Morgan fingerprint density at radius 2 is 1.90 bits per heavy atom. The van der Waals surface area contributed by atoms with Crippen molar-refractivity contribution in [3.63, 3.8) is 0 Å². The first kappa shape index (κ1) is 22.1. The molecule has 0 spiro atoms. The average Bonchev–Trinajstić information content (AvgIpc) is 2.74. The molecule has 7 nitrogen and oxygen atoms in total. The van der Waals surface area contributed by atoms with Crippen LogP contribution in [0.5, 0.6) is 0 Å². The number of amides is 1. The maximum Gasteiger partial charge on any atom is 0.261 e. The molecule has 0 aromatic heterocycles. The number of carbonyl (C=O) groups is 1. The van der Waals surface area contributed by atoms with E-state index >= 15 is 0 Å². The van der Waals surface area contributed by atoms with Gasteiger partial charge in [0.15, 0.2) is 0 Å². The molecule has 0 unspecified atom stereocenters. The van der Waals surface area contributed by atoms with E-state index in [9.17, 15) is 13.2 Å². The number of sulfonamides is 1. The second-order valence-electron chi connectivity index (χ2n) is 7.67. The first-order valence-electron chi connectivity index (χ1n) is 10.3. The van der Waals surface area contributed by atoms with Gasteiger partial charge in [-0.25, -0.2) is 8.42 Å². The lowest BCUT2D eigenvalue weighted by Gasteiger charge is -2.31. The number of nitrogens with zero attached hydrogens (tertiary/aromatic N) is 1. The fourth-order valence-electron chi connectivity index (χ4n) is 3.34. The minimum absolute atomic E-state index is 0.0396. The summed E-state index contributed by atoms with van der Waals surface area (Å²) >= 11 is 0. The van der Waals surface area contributed by atoms with E-state index in [0.29, 0.717) is 11.3 Å². The normalized spacial score (nSPS) is 15.5. The number of benzene rings is 2. The Balaban J connectivity index is 1.97. The third-order valence-electron chi connectivity index (χ3n) is 5.25. The predicted molar refractivity (Wildman–Crippen MR) is 121 cm³/mol. The van der Waals surface area contributed by atoms with E-state index in [1.807, 2.05) is 32.9 Å². The van der Waals surface area contributed by atoms with Crippen LogP contribution in [0.1, 0.15) is 36.2 Å². The van der Waals surface area contributed by atoms with Gasteiger partial charge in [-0.1, -0.05) is 19.1 Å². The van der Waals surface area contributed by atoms with Crippen LogP contribution in [0, 0.1) is 6.92 Å². The van der Waals surface area contributed by atoms with Crippen molar-refractivity contribution in [3.8, 4) is 0 Å². The van der Waals surface area contributed by atoms with E-state index in [0.717, 1.165) is 43.9 Å². The zero-order valence-corrected chi connectivity index (χ0v) is 18.6. The fraction of sp³-hybridized carbons (Fsp3) is 0.409. The number of anilines is 2. The highest BCUT2D eigenvalue weighted by molar-refractivity contribution is 7.92. The molecule has 1 saturated heterocycles. The Bertz CT molecular complexity index is 1000. The van der Waals surface area contributed by atoms with Crippen molar-refractivity contribution in [1.29, 1.82) is 0 Å². The maximum absolute atomic E-state index is 13.1. The molecule has 0 aliphatic carbocycles. The summed E-state index contributed by atoms with van der Waals surface area (Å²) in [5.41, 5.74) is 2.47. The van der Waals surface area contributed by atoms with E-state index in [1.54, 1.807) is 30.3 Å². The third kappa shape index (κ3) is 5.31. The van der Waals surface area contributed by atoms with Crippen molar-refractivity contribution in [2.75, 3.05) is 35.8 Å². The number of hydrogen-bond donors (Lipinski definition) is 3. The molecule has 2 aromatic rings. The summed E-state index contributed by atoms with van der Waals surface area (Å²) in [7, 11) is -3.79. The highest BCUT2D eigenvalue weighted by atomic mass is 32.2. The van der Waals surface area contributed by atoms with Crippen molar-refractivity contribution in [3.05, 3.63) is 53.6 Å². The van der Waals surface area contributed by atoms with Crippen molar-refractivity contribution in [1.82, 2.24) is 10.6 Å². The standard InChI is InChI=1S/C22H30N4O3S/c1-4-17(3)24-22(27)18-8-9-21(26-12-10-23-11-13-26)20(15-18)25-30(28,29)19-7-5-6-16(2)14-19/h5-9,14-15,17,23,25H,4,10-13H2,1-3H3,(H,24,27)/t17-/m1/s1. The number of aryl methyl sites for hydroxylation is 1. The summed E-state index contributed by atoms with van der Waals surface area (Å²) < 4.78 is 28.8. The van der Waals surface area contributed by atoms with E-state index in [2.05, 4.69) is 20.3 Å². The summed E-state index contributed by atoms with van der Waals surface area (Å²) in [6.07, 6.45) is 0.817. The van der Waals surface area contributed by atoms with Gasteiger partial charge in [0.1, 0.15) is 0 Å². The molecule has 1 amide bonds. The smallest absolute Gasteiger partial charge is 0.261 e. The predicted octanol–water partition coefficient (Wildman–Crippen LogP) is 2.73. The Kier molecular flexibility index (Phi) is 6.99. The molecule has 2 aromatic carbocycles. The molecule has 3 N–H and O–H groups in total. The Morgan fingerprint density at radius 1 is 1.17 bits per heavy atom. The van der Waals surface area contributed by atoms with Crippen LogP contribution in [0.3, 0.4) is 0 Å². The molecule has 1 aliphatic heterocycles. The van der Waals surface area contributed by atoms with Crippen LogP contribution in [0.4, 0.5) is 11.4 Å². The van der Waals surface area contributed by atoms with E-state index in [4.69, 9.17) is 0 Å². The molecule has 1 fully saturated rings. The van der Waals surface area contributed by atoms with Gasteiger partial charge in [-0.05, 0) is 56.2 Å². The molecule has 0 bridgehead atoms. The monoisotopic (exact) mass is 430 g/mol. The summed E-state index contributed by atoms with van der Waals surface area (Å²) in [4.78, 5) is 14.9. The van der Waals surface area contributed by atoms with Crippen LogP contribution in [-0.4, -0.2) is 46.5 Å². The van der Waals surface area contributed by atoms with Gasteiger partial charge in [0.2, 0.25) is 0 Å². The van der Waals surface area contributed by atoms with Gasteiger partial charge in [0.05, 0.1) is 16.3 Å². The van der Waals surface area contributed by atoms with Gasteiger partial charge in [0, 0.05) is 37.8 Å². The topological polar surface area (TPSA) is 90.5 Å². The first-order chi connectivity index (χ1) is 14.3. The Hall–Kier alpha value is -2.58. The van der Waals surface area contributed by atoms with Gasteiger partial charge in [0.25, 0.3) is 15.9 Å². The number of rotatable bonds is 7. The van der Waals surface area contributed by atoms with Crippen molar-refractivity contribution in [2.24, 2.45) is 0 Å². The van der Waals surface area contributed by atoms with Gasteiger partial charge >= 0.3 is 0 Å². The van der Waals surface area contributed by atoms with Gasteiger partial charge in [-0.15, -0.1) is 0 Å². The minimum atomic E-state index is -3.79. The quantitative estimate of drug-likeness (QED) is 0.628. The molecule has 30 heavy (non-hydrogen) atoms. The van der Waals surface area contributed by atoms with Crippen LogP contribution in [-0.2, 0) is 10.0 Å². The summed E-state index contributed by atoms with van der Waals surface area (Å²) in [5.74, 6) is -0.216. The van der Waals surface area contributed by atoms with Crippen LogP contribution >= 0.6 is 0 Å². The summed E-state index contributed by atoms with van der Waals surface area (Å²) in [5, 5.41) is 6.23. The minimum Gasteiger partial charge on any atom is -0.367 e. The summed E-state index contributed by atoms with van der Waals surface area (Å²) in [6, 6.07) is 12.0. The second kappa shape index (κ2) is 9.49. The van der Waals surface area contributed by atoms with Crippen molar-refractivity contribution >= 4 is 27.3 Å². The Labute approximate surface area is 178 Å². The molecular formula is C22H30N4O3S. The second-order valence-corrected chi connectivity index (χ2v) is 9.36. The molecule has 1 heterocycles. The van der Waals surface area contributed by atoms with E-state index in [-0.39, 0.29) is 16.8 Å². The van der Waals surface area contributed by atoms with E-state index in [1.165, 1.54) is 0 Å². The molecule has 162 valence electrons. The highest BCUT2D eigenvalue weighted by Crippen LogP contribution is 2.30. The summed E-state index contributed by atoms with van der Waals surface area (Å²) in [6.45, 7) is 8.95. The fourth-order valence-corrected chi connectivity index (χ4v) is 4.51.